The lowest BCUT2D eigenvalue weighted by Crippen LogP contribution is -2.28. The quantitative estimate of drug-likeness (QED) is 0.466. The first-order chi connectivity index (χ1) is 11.1. The maximum absolute atomic E-state index is 11.8. The van der Waals surface area contributed by atoms with E-state index in [1.165, 1.54) is 13.2 Å². The van der Waals surface area contributed by atoms with Crippen molar-refractivity contribution in [1.29, 1.82) is 0 Å². The Hall–Kier alpha value is -2.28. The summed E-state index contributed by atoms with van der Waals surface area (Å²) in [5, 5.41) is 4.21. The Morgan fingerprint density at radius 3 is 2.57 bits per heavy atom. The summed E-state index contributed by atoms with van der Waals surface area (Å²) in [5.74, 6) is -0.256. The fraction of sp³-hybridized carbons (Fsp3) is 0.500. The van der Waals surface area contributed by atoms with Crippen LogP contribution in [0.5, 0.6) is 5.75 Å². The number of ether oxygens (including phenoxy) is 2. The molecule has 0 aromatic heterocycles. The van der Waals surface area contributed by atoms with E-state index in [2.05, 4.69) is 14.8 Å². The van der Waals surface area contributed by atoms with E-state index in [-0.39, 0.29) is 17.6 Å². The van der Waals surface area contributed by atoms with E-state index in [1.54, 1.807) is 18.2 Å². The molecule has 1 fully saturated rings. The first-order valence-corrected chi connectivity index (χ1v) is 7.51. The van der Waals surface area contributed by atoms with Gasteiger partial charge in [-0.25, -0.2) is 14.5 Å². The minimum absolute atomic E-state index is 0.146. The Kier molecular flexibility index (Phi) is 6.22. The van der Waals surface area contributed by atoms with Crippen LogP contribution in [0.15, 0.2) is 24.3 Å². The molecule has 0 radical (unpaired) electrons. The maximum Gasteiger partial charge on any atom is 0.543 e. The minimum Gasteiger partial charge on any atom is -0.496 e. The highest BCUT2D eigenvalue weighted by molar-refractivity contribution is 5.92. The van der Waals surface area contributed by atoms with Gasteiger partial charge in [0.05, 0.1) is 12.1 Å². The van der Waals surface area contributed by atoms with Crippen LogP contribution in [0.1, 0.15) is 43.0 Å². The largest absolute Gasteiger partial charge is 0.543 e. The first kappa shape index (κ1) is 17.1. The average molecular weight is 324 g/mol. The number of hydrogen-bond donors (Lipinski definition) is 0. The van der Waals surface area contributed by atoms with Gasteiger partial charge in [-0.2, -0.15) is 0 Å². The third kappa shape index (κ3) is 4.85. The van der Waals surface area contributed by atoms with E-state index in [1.807, 2.05) is 6.92 Å². The fourth-order valence-corrected chi connectivity index (χ4v) is 2.53. The molecule has 1 aliphatic carbocycles. The molecule has 7 nitrogen and oxygen atoms in total. The van der Waals surface area contributed by atoms with Gasteiger partial charge in [0.2, 0.25) is 0 Å². The van der Waals surface area contributed by atoms with Crippen molar-refractivity contribution in [1.82, 2.24) is 0 Å². The van der Waals surface area contributed by atoms with Crippen LogP contribution in [0, 0.1) is 5.92 Å². The Labute approximate surface area is 134 Å². The standard InChI is InChI=1S/C16H20O7/c1-11-7-3-5-9-13(11)20-16(18)22-23-21-15(17)12-8-4-6-10-14(12)19-2/h4,6,8,10-11,13H,3,5,7,9H2,1-2H3. The molecule has 7 heteroatoms. The highest BCUT2D eigenvalue weighted by Gasteiger charge is 2.26. The molecule has 2 atom stereocenters. The van der Waals surface area contributed by atoms with Gasteiger partial charge in [0.25, 0.3) is 0 Å². The summed E-state index contributed by atoms with van der Waals surface area (Å²) in [6, 6.07) is 6.43. The Morgan fingerprint density at radius 1 is 1.09 bits per heavy atom. The molecule has 1 aromatic carbocycles. The molecule has 0 N–H and O–H groups in total. The second kappa shape index (κ2) is 8.38. The van der Waals surface area contributed by atoms with Crippen LogP contribution < -0.4 is 4.74 Å². The molecular formula is C16H20O7. The summed E-state index contributed by atoms with van der Waals surface area (Å²) >= 11 is 0. The van der Waals surface area contributed by atoms with Crippen LogP contribution in [0.3, 0.4) is 0 Å². The molecule has 1 aliphatic rings. The molecule has 0 bridgehead atoms. The lowest BCUT2D eigenvalue weighted by molar-refractivity contribution is -0.453. The highest BCUT2D eigenvalue weighted by atomic mass is 17.5. The van der Waals surface area contributed by atoms with Gasteiger partial charge in [-0.05, 0) is 37.3 Å². The first-order valence-electron chi connectivity index (χ1n) is 7.51. The van der Waals surface area contributed by atoms with Crippen molar-refractivity contribution >= 4 is 12.1 Å². The molecule has 1 saturated carbocycles. The second-order valence-corrected chi connectivity index (χ2v) is 5.39. The topological polar surface area (TPSA) is 80.3 Å². The maximum atomic E-state index is 11.8. The van der Waals surface area contributed by atoms with Crippen molar-refractivity contribution in [2.24, 2.45) is 5.92 Å². The SMILES string of the molecule is COc1ccccc1C(=O)OOOC(=O)OC1CCCCC1C. The normalized spacial score (nSPS) is 20.4. The lowest BCUT2D eigenvalue weighted by atomic mass is 9.88. The summed E-state index contributed by atoms with van der Waals surface area (Å²) in [6.45, 7) is 2.01. The number of benzene rings is 1. The molecule has 2 unspecified atom stereocenters. The van der Waals surface area contributed by atoms with Gasteiger partial charge in [0, 0.05) is 0 Å². The fourth-order valence-electron chi connectivity index (χ4n) is 2.53. The zero-order chi connectivity index (χ0) is 16.7. The highest BCUT2D eigenvalue weighted by Crippen LogP contribution is 2.26. The van der Waals surface area contributed by atoms with Crippen LogP contribution in [-0.2, 0) is 19.6 Å². The number of hydrogen-bond acceptors (Lipinski definition) is 7. The van der Waals surface area contributed by atoms with Gasteiger partial charge in [0.1, 0.15) is 17.4 Å². The third-order valence-corrected chi connectivity index (χ3v) is 3.82. The summed E-state index contributed by atoms with van der Waals surface area (Å²) in [6.07, 6.45) is 2.69. The molecule has 0 aliphatic heterocycles. The molecule has 0 saturated heterocycles. The van der Waals surface area contributed by atoms with Crippen LogP contribution in [0.4, 0.5) is 4.79 Å². The molecular weight excluding hydrogens is 304 g/mol. The minimum atomic E-state index is -1.03. The number of rotatable bonds is 5. The van der Waals surface area contributed by atoms with E-state index in [9.17, 15) is 9.59 Å². The zero-order valence-electron chi connectivity index (χ0n) is 13.2. The lowest BCUT2D eigenvalue weighted by Gasteiger charge is -2.27. The molecule has 0 amide bonds. The van der Waals surface area contributed by atoms with Crippen LogP contribution in [-0.4, -0.2) is 25.3 Å². The monoisotopic (exact) mass is 324 g/mol. The summed E-state index contributed by atoms with van der Waals surface area (Å²) < 4.78 is 10.2. The van der Waals surface area contributed by atoms with E-state index >= 15 is 0 Å². The molecule has 126 valence electrons. The summed E-state index contributed by atoms with van der Waals surface area (Å²) in [5.41, 5.74) is 0.146. The van der Waals surface area contributed by atoms with E-state index in [0.29, 0.717) is 5.75 Å². The Bertz CT molecular complexity index is 543. The predicted molar refractivity (Wildman–Crippen MR) is 78.5 cm³/mol. The van der Waals surface area contributed by atoms with Crippen LogP contribution in [0.25, 0.3) is 0 Å². The Morgan fingerprint density at radius 2 is 1.83 bits per heavy atom. The number of carbonyl (C=O) groups is 2. The van der Waals surface area contributed by atoms with Gasteiger partial charge < -0.3 is 9.47 Å². The van der Waals surface area contributed by atoms with Crippen LogP contribution in [0.2, 0.25) is 0 Å². The van der Waals surface area contributed by atoms with Crippen LogP contribution >= 0.6 is 0 Å². The zero-order valence-corrected chi connectivity index (χ0v) is 13.2. The van der Waals surface area contributed by atoms with Crippen molar-refractivity contribution in [3.8, 4) is 5.75 Å². The molecule has 1 aromatic rings. The van der Waals surface area contributed by atoms with Gasteiger partial charge in [-0.3, -0.25) is 4.89 Å². The van der Waals surface area contributed by atoms with E-state index in [0.717, 1.165) is 25.7 Å². The van der Waals surface area contributed by atoms with E-state index in [4.69, 9.17) is 9.47 Å². The summed E-state index contributed by atoms with van der Waals surface area (Å²) in [7, 11) is 1.42. The molecule has 23 heavy (non-hydrogen) atoms. The van der Waals surface area contributed by atoms with Gasteiger partial charge >= 0.3 is 12.1 Å². The predicted octanol–water partition coefficient (Wildman–Crippen LogP) is 3.43. The number of carbonyl (C=O) groups excluding carboxylic acids is 2. The number of methoxy groups -OCH3 is 1. The van der Waals surface area contributed by atoms with Crippen molar-refractivity contribution in [3.05, 3.63) is 29.8 Å². The molecule has 2 rings (SSSR count). The smallest absolute Gasteiger partial charge is 0.496 e. The van der Waals surface area contributed by atoms with E-state index < -0.39 is 12.1 Å². The Balaban J connectivity index is 1.75. The van der Waals surface area contributed by atoms with Crippen molar-refractivity contribution in [2.45, 2.75) is 38.7 Å². The van der Waals surface area contributed by atoms with Crippen molar-refractivity contribution in [2.75, 3.05) is 7.11 Å². The average Bonchev–Trinajstić information content (AvgIpc) is 2.56. The van der Waals surface area contributed by atoms with Gasteiger partial charge in [0.15, 0.2) is 0 Å². The second-order valence-electron chi connectivity index (χ2n) is 5.39. The summed E-state index contributed by atoms with van der Waals surface area (Å²) in [4.78, 5) is 32.0. The van der Waals surface area contributed by atoms with Crippen molar-refractivity contribution in [3.63, 3.8) is 0 Å². The number of para-hydroxylation sites is 1. The van der Waals surface area contributed by atoms with Crippen molar-refractivity contribution < 1.29 is 33.9 Å². The molecule has 0 spiro atoms. The third-order valence-electron chi connectivity index (χ3n) is 3.82. The molecule has 0 heterocycles. The van der Waals surface area contributed by atoms with Gasteiger partial charge in [-0.15, -0.1) is 0 Å². The van der Waals surface area contributed by atoms with Gasteiger partial charge in [-0.1, -0.05) is 25.5 Å².